The lowest BCUT2D eigenvalue weighted by Crippen LogP contribution is -2.21. The second-order valence-corrected chi connectivity index (χ2v) is 8.05. The first-order chi connectivity index (χ1) is 15.2. The van der Waals surface area contributed by atoms with Gasteiger partial charge in [0.2, 0.25) is 5.91 Å². The van der Waals surface area contributed by atoms with Crippen molar-refractivity contribution in [3.63, 3.8) is 0 Å². The molecule has 1 aliphatic carbocycles. The molecule has 1 aromatic heterocycles. The van der Waals surface area contributed by atoms with Crippen LogP contribution in [0.15, 0.2) is 77.6 Å². The van der Waals surface area contributed by atoms with Crippen LogP contribution in [0, 0.1) is 0 Å². The van der Waals surface area contributed by atoms with Crippen LogP contribution in [0.2, 0.25) is 0 Å². The quantitative estimate of drug-likeness (QED) is 0.463. The Morgan fingerprint density at radius 3 is 2.06 bits per heavy atom. The third-order valence-corrected chi connectivity index (χ3v) is 5.92. The van der Waals surface area contributed by atoms with Crippen LogP contribution in [-0.4, -0.2) is 16.6 Å². The first-order valence-corrected chi connectivity index (χ1v) is 10.8. The number of pyridine rings is 1. The molecule has 5 nitrogen and oxygen atoms in total. The molecule has 0 bridgehead atoms. The molecule has 31 heavy (non-hydrogen) atoms. The molecule has 3 aromatic carbocycles. The largest absolute Gasteiger partial charge is 0.490 e. The van der Waals surface area contributed by atoms with Crippen LogP contribution in [0.5, 0.6) is 5.75 Å². The van der Waals surface area contributed by atoms with Gasteiger partial charge in [-0.2, -0.15) is 0 Å². The van der Waals surface area contributed by atoms with Gasteiger partial charge in [0, 0.05) is 16.5 Å². The molecule has 0 atom stereocenters. The number of hydrogen-bond acceptors (Lipinski definition) is 3. The van der Waals surface area contributed by atoms with Crippen LogP contribution < -0.4 is 15.5 Å². The highest BCUT2D eigenvalue weighted by atomic mass is 16.5. The van der Waals surface area contributed by atoms with Crippen molar-refractivity contribution in [2.24, 2.45) is 0 Å². The predicted octanol–water partition coefficient (Wildman–Crippen LogP) is 5.11. The Morgan fingerprint density at radius 1 is 0.871 bits per heavy atom. The Morgan fingerprint density at radius 2 is 1.45 bits per heavy atom. The number of nitrogens with zero attached hydrogens (tertiary/aromatic N) is 1. The summed E-state index contributed by atoms with van der Waals surface area (Å²) in [6, 6.07) is 22.4. The fourth-order valence-electron chi connectivity index (χ4n) is 4.41. The third-order valence-electron chi connectivity index (χ3n) is 5.92. The number of ether oxygens (including phenoxy) is 1. The van der Waals surface area contributed by atoms with Crippen LogP contribution in [0.25, 0.3) is 21.8 Å². The molecular formula is C26H24N2O3. The number of carbonyl (C=O) groups excluding carboxylic acids is 1. The van der Waals surface area contributed by atoms with Crippen molar-refractivity contribution >= 4 is 33.4 Å². The number of aromatic nitrogens is 1. The number of nitrogens with one attached hydrogen (secondary N) is 1. The number of fused-ring (bicyclic) bond motifs is 2. The van der Waals surface area contributed by atoms with E-state index in [9.17, 15) is 9.59 Å². The lowest BCUT2D eigenvalue weighted by molar-refractivity contribution is -0.116. The van der Waals surface area contributed by atoms with Crippen LogP contribution in [0.1, 0.15) is 25.7 Å². The zero-order valence-electron chi connectivity index (χ0n) is 17.2. The molecule has 1 heterocycles. The van der Waals surface area contributed by atoms with E-state index in [1.807, 2.05) is 77.4 Å². The summed E-state index contributed by atoms with van der Waals surface area (Å²) < 4.78 is 7.89. The molecule has 0 saturated heterocycles. The summed E-state index contributed by atoms with van der Waals surface area (Å²) in [5.41, 5.74) is 2.21. The van der Waals surface area contributed by atoms with E-state index in [4.69, 9.17) is 4.74 Å². The molecular weight excluding hydrogens is 388 g/mol. The number of rotatable bonds is 5. The van der Waals surface area contributed by atoms with E-state index < -0.39 is 0 Å². The predicted molar refractivity (Wildman–Crippen MR) is 124 cm³/mol. The number of hydrogen-bond donors (Lipinski definition) is 1. The van der Waals surface area contributed by atoms with Crippen molar-refractivity contribution in [3.8, 4) is 5.75 Å². The number of amides is 1. The zero-order chi connectivity index (χ0) is 21.2. The van der Waals surface area contributed by atoms with Gasteiger partial charge >= 0.3 is 0 Å². The normalized spacial score (nSPS) is 14.2. The number of carbonyl (C=O) groups is 1. The molecule has 0 unspecified atom stereocenters. The molecule has 5 heteroatoms. The Bertz CT molecular complexity index is 1240. The third kappa shape index (κ3) is 3.91. The van der Waals surface area contributed by atoms with Crippen molar-refractivity contribution in [1.82, 2.24) is 4.57 Å². The van der Waals surface area contributed by atoms with Gasteiger partial charge in [0.1, 0.15) is 12.3 Å². The fourth-order valence-corrected chi connectivity index (χ4v) is 4.41. The van der Waals surface area contributed by atoms with Crippen molar-refractivity contribution in [1.29, 1.82) is 0 Å². The maximum Gasteiger partial charge on any atom is 0.244 e. The van der Waals surface area contributed by atoms with E-state index in [0.29, 0.717) is 16.9 Å². The summed E-state index contributed by atoms with van der Waals surface area (Å²) in [5, 5.41) is 4.19. The Labute approximate surface area is 180 Å². The van der Waals surface area contributed by atoms with Crippen LogP contribution >= 0.6 is 0 Å². The molecule has 5 rings (SSSR count). The first kappa shape index (κ1) is 19.4. The molecule has 156 valence electrons. The molecule has 0 aliphatic heterocycles. The second-order valence-electron chi connectivity index (χ2n) is 8.05. The summed E-state index contributed by atoms with van der Waals surface area (Å²) in [6.45, 7) is 0.113. The molecule has 0 spiro atoms. The molecule has 1 saturated carbocycles. The van der Waals surface area contributed by atoms with E-state index in [1.54, 1.807) is 0 Å². The minimum atomic E-state index is -0.150. The highest BCUT2D eigenvalue weighted by molar-refractivity contribution is 5.97. The van der Waals surface area contributed by atoms with Gasteiger partial charge < -0.3 is 14.6 Å². The maximum atomic E-state index is 12.9. The summed E-state index contributed by atoms with van der Waals surface area (Å²) in [6.07, 6.45) is 4.99. The highest BCUT2D eigenvalue weighted by Gasteiger charge is 2.16. The molecule has 1 aliphatic rings. The number of anilines is 1. The lowest BCUT2D eigenvalue weighted by Gasteiger charge is -2.16. The highest BCUT2D eigenvalue weighted by Crippen LogP contribution is 2.25. The minimum absolute atomic E-state index is 0.0132. The van der Waals surface area contributed by atoms with E-state index >= 15 is 0 Å². The van der Waals surface area contributed by atoms with Gasteiger partial charge in [-0.1, -0.05) is 24.3 Å². The average Bonchev–Trinajstić information content (AvgIpc) is 3.31. The van der Waals surface area contributed by atoms with Gasteiger partial charge in [0.15, 0.2) is 5.43 Å². The fraction of sp³-hybridized carbons (Fsp3) is 0.231. The minimum Gasteiger partial charge on any atom is -0.490 e. The molecule has 0 radical (unpaired) electrons. The van der Waals surface area contributed by atoms with Gasteiger partial charge in [-0.3, -0.25) is 9.59 Å². The van der Waals surface area contributed by atoms with Crippen molar-refractivity contribution in [2.75, 3.05) is 5.32 Å². The number of para-hydroxylation sites is 2. The van der Waals surface area contributed by atoms with Crippen molar-refractivity contribution in [3.05, 3.63) is 83.0 Å². The molecule has 1 amide bonds. The average molecular weight is 412 g/mol. The summed E-state index contributed by atoms with van der Waals surface area (Å²) in [4.78, 5) is 25.7. The summed E-state index contributed by atoms with van der Waals surface area (Å²) >= 11 is 0. The van der Waals surface area contributed by atoms with Gasteiger partial charge in [-0.25, -0.2) is 0 Å². The van der Waals surface area contributed by atoms with Crippen molar-refractivity contribution < 1.29 is 9.53 Å². The van der Waals surface area contributed by atoms with E-state index in [1.165, 1.54) is 12.8 Å². The SMILES string of the molecule is O=C(Cn1c2ccccc2c(=O)c2ccccc21)Nc1ccc(OC2CCCC2)cc1. The Kier molecular flexibility index (Phi) is 5.16. The van der Waals surface area contributed by atoms with Gasteiger partial charge in [-0.15, -0.1) is 0 Å². The van der Waals surface area contributed by atoms with E-state index in [0.717, 1.165) is 35.3 Å². The standard InChI is InChI=1S/C26H24N2O3/c29-25(27-18-13-15-20(16-14-18)31-19-7-1-2-8-19)17-28-23-11-5-3-9-21(23)26(30)22-10-4-6-12-24(22)28/h3-6,9-16,19H,1-2,7-8,17H2,(H,27,29). The van der Waals surface area contributed by atoms with Crippen molar-refractivity contribution in [2.45, 2.75) is 38.3 Å². The smallest absolute Gasteiger partial charge is 0.244 e. The summed E-state index contributed by atoms with van der Waals surface area (Å²) in [5.74, 6) is 0.686. The number of benzene rings is 3. The Hall–Kier alpha value is -3.60. The lowest BCUT2D eigenvalue weighted by atomic mass is 10.1. The van der Waals surface area contributed by atoms with Gasteiger partial charge in [-0.05, 0) is 74.2 Å². The zero-order valence-corrected chi connectivity index (χ0v) is 17.2. The second kappa shape index (κ2) is 8.26. The monoisotopic (exact) mass is 412 g/mol. The van der Waals surface area contributed by atoms with Gasteiger partial charge in [0.05, 0.1) is 17.1 Å². The molecule has 4 aromatic rings. The molecule has 1 N–H and O–H groups in total. The van der Waals surface area contributed by atoms with Crippen LogP contribution in [0.3, 0.4) is 0 Å². The van der Waals surface area contributed by atoms with Gasteiger partial charge in [0.25, 0.3) is 0 Å². The van der Waals surface area contributed by atoms with E-state index in [2.05, 4.69) is 5.32 Å². The Balaban J connectivity index is 1.39. The topological polar surface area (TPSA) is 60.3 Å². The van der Waals surface area contributed by atoms with E-state index in [-0.39, 0.29) is 17.9 Å². The maximum absolute atomic E-state index is 12.9. The first-order valence-electron chi connectivity index (χ1n) is 10.8. The summed E-state index contributed by atoms with van der Waals surface area (Å²) in [7, 11) is 0. The van der Waals surface area contributed by atoms with Crippen LogP contribution in [-0.2, 0) is 11.3 Å². The van der Waals surface area contributed by atoms with Crippen LogP contribution in [0.4, 0.5) is 5.69 Å². The molecule has 1 fully saturated rings.